The van der Waals surface area contributed by atoms with Crippen LogP contribution in [0.3, 0.4) is 0 Å². The van der Waals surface area contributed by atoms with Crippen LogP contribution in [0.4, 0.5) is 0 Å². The fraction of sp³-hybridized carbons (Fsp3) is 0.923. The SMILES string of the molecule is CCC1CCC(CCS(=O)(=O)C(C)C)(C(=O)O)C1. The third-order valence-electron chi connectivity index (χ3n) is 4.32. The lowest BCUT2D eigenvalue weighted by Gasteiger charge is -2.24. The fourth-order valence-electron chi connectivity index (χ4n) is 2.69. The molecule has 0 saturated heterocycles. The zero-order chi connectivity index (χ0) is 14.0. The Morgan fingerprint density at radius 2 is 2.06 bits per heavy atom. The van der Waals surface area contributed by atoms with Gasteiger partial charge in [0.1, 0.15) is 0 Å². The van der Waals surface area contributed by atoms with Gasteiger partial charge in [-0.2, -0.15) is 0 Å². The molecule has 1 rings (SSSR count). The van der Waals surface area contributed by atoms with E-state index >= 15 is 0 Å². The van der Waals surface area contributed by atoms with E-state index in [4.69, 9.17) is 0 Å². The van der Waals surface area contributed by atoms with E-state index < -0.39 is 26.5 Å². The van der Waals surface area contributed by atoms with Crippen molar-refractivity contribution in [3.8, 4) is 0 Å². The van der Waals surface area contributed by atoms with Crippen molar-refractivity contribution in [1.82, 2.24) is 0 Å². The van der Waals surface area contributed by atoms with Crippen molar-refractivity contribution >= 4 is 15.8 Å². The van der Waals surface area contributed by atoms with Crippen LogP contribution in [0.2, 0.25) is 0 Å². The number of sulfone groups is 1. The first-order valence-corrected chi connectivity index (χ1v) is 8.40. The summed E-state index contributed by atoms with van der Waals surface area (Å²) in [4.78, 5) is 11.5. The van der Waals surface area contributed by atoms with Crippen molar-refractivity contribution in [1.29, 1.82) is 0 Å². The number of carbonyl (C=O) groups is 1. The quantitative estimate of drug-likeness (QED) is 0.809. The van der Waals surface area contributed by atoms with E-state index in [1.807, 2.05) is 0 Å². The van der Waals surface area contributed by atoms with Crippen LogP contribution in [0.1, 0.15) is 52.9 Å². The number of hydrogen-bond acceptors (Lipinski definition) is 3. The number of carboxylic acids is 1. The molecule has 18 heavy (non-hydrogen) atoms. The average Bonchev–Trinajstić information content (AvgIpc) is 2.71. The van der Waals surface area contributed by atoms with Crippen LogP contribution in [-0.4, -0.2) is 30.5 Å². The monoisotopic (exact) mass is 276 g/mol. The summed E-state index contributed by atoms with van der Waals surface area (Å²) in [6.45, 7) is 5.35. The average molecular weight is 276 g/mol. The second-order valence-corrected chi connectivity index (χ2v) is 8.45. The van der Waals surface area contributed by atoms with Crippen LogP contribution < -0.4 is 0 Å². The Balaban J connectivity index is 2.75. The molecule has 1 aliphatic carbocycles. The summed E-state index contributed by atoms with van der Waals surface area (Å²) < 4.78 is 23.6. The Kier molecular flexibility index (Phi) is 4.81. The smallest absolute Gasteiger partial charge is 0.309 e. The van der Waals surface area contributed by atoms with Gasteiger partial charge < -0.3 is 5.11 Å². The van der Waals surface area contributed by atoms with Crippen molar-refractivity contribution < 1.29 is 18.3 Å². The topological polar surface area (TPSA) is 71.4 Å². The van der Waals surface area contributed by atoms with Gasteiger partial charge in [0.25, 0.3) is 0 Å². The van der Waals surface area contributed by atoms with E-state index in [1.165, 1.54) is 0 Å². The molecule has 0 aromatic rings. The molecule has 4 nitrogen and oxygen atoms in total. The minimum atomic E-state index is -3.14. The van der Waals surface area contributed by atoms with Crippen LogP contribution in [0, 0.1) is 11.3 Å². The summed E-state index contributed by atoms with van der Waals surface area (Å²) in [5.74, 6) is -0.395. The standard InChI is InChI=1S/C13H24O4S/c1-4-11-5-6-13(9-11,12(14)15)7-8-18(16,17)10(2)3/h10-11H,4-9H2,1-3H3,(H,14,15). The molecule has 1 saturated carbocycles. The maximum absolute atomic E-state index is 11.8. The van der Waals surface area contributed by atoms with Gasteiger partial charge in [0.15, 0.2) is 9.84 Å². The van der Waals surface area contributed by atoms with E-state index in [1.54, 1.807) is 13.8 Å². The Labute approximate surface area is 110 Å². The normalized spacial score (nSPS) is 28.8. The number of aliphatic carboxylic acids is 1. The fourth-order valence-corrected chi connectivity index (χ4v) is 3.83. The van der Waals surface area contributed by atoms with Crippen molar-refractivity contribution in [2.75, 3.05) is 5.75 Å². The molecule has 5 heteroatoms. The van der Waals surface area contributed by atoms with Crippen molar-refractivity contribution in [2.45, 2.75) is 58.1 Å². The lowest BCUT2D eigenvalue weighted by atomic mass is 9.82. The molecule has 106 valence electrons. The third-order valence-corrected chi connectivity index (χ3v) is 6.53. The summed E-state index contributed by atoms with van der Waals surface area (Å²) in [6.07, 6.45) is 3.40. The lowest BCUT2D eigenvalue weighted by molar-refractivity contribution is -0.149. The molecule has 1 aliphatic rings. The van der Waals surface area contributed by atoms with Gasteiger partial charge in [-0.15, -0.1) is 0 Å². The third kappa shape index (κ3) is 3.25. The molecule has 0 bridgehead atoms. The Hall–Kier alpha value is -0.580. The summed E-state index contributed by atoms with van der Waals surface area (Å²) >= 11 is 0. The Bertz CT molecular complexity index is 399. The van der Waals surface area contributed by atoms with Gasteiger partial charge in [-0.25, -0.2) is 8.42 Å². The maximum atomic E-state index is 11.8. The van der Waals surface area contributed by atoms with Crippen LogP contribution in [0.25, 0.3) is 0 Å². The van der Waals surface area contributed by atoms with E-state index in [2.05, 4.69) is 6.92 Å². The molecule has 1 N–H and O–H groups in total. The highest BCUT2D eigenvalue weighted by molar-refractivity contribution is 7.91. The molecule has 1 fully saturated rings. The molecule has 0 aliphatic heterocycles. The van der Waals surface area contributed by atoms with Crippen molar-refractivity contribution in [2.24, 2.45) is 11.3 Å². The Morgan fingerprint density at radius 1 is 1.44 bits per heavy atom. The van der Waals surface area contributed by atoms with Crippen molar-refractivity contribution in [3.63, 3.8) is 0 Å². The number of hydrogen-bond donors (Lipinski definition) is 1. The van der Waals surface area contributed by atoms with Gasteiger partial charge in [0.2, 0.25) is 0 Å². The molecule has 2 atom stereocenters. The van der Waals surface area contributed by atoms with Gasteiger partial charge in [-0.3, -0.25) is 4.79 Å². The van der Waals surface area contributed by atoms with Gasteiger partial charge in [-0.1, -0.05) is 13.3 Å². The highest BCUT2D eigenvalue weighted by atomic mass is 32.2. The lowest BCUT2D eigenvalue weighted by Crippen LogP contribution is -2.32. The molecule has 0 aromatic heterocycles. The van der Waals surface area contributed by atoms with Gasteiger partial charge in [-0.05, 0) is 45.4 Å². The minimum Gasteiger partial charge on any atom is -0.481 e. The highest BCUT2D eigenvalue weighted by Crippen LogP contribution is 2.46. The largest absolute Gasteiger partial charge is 0.481 e. The van der Waals surface area contributed by atoms with E-state index in [0.29, 0.717) is 18.8 Å². The first-order chi connectivity index (χ1) is 8.23. The van der Waals surface area contributed by atoms with Crippen LogP contribution in [-0.2, 0) is 14.6 Å². The minimum absolute atomic E-state index is 0.00655. The summed E-state index contributed by atoms with van der Waals surface area (Å²) in [7, 11) is -3.14. The zero-order valence-electron chi connectivity index (χ0n) is 11.5. The molecule has 0 radical (unpaired) electrons. The Morgan fingerprint density at radius 3 is 2.44 bits per heavy atom. The summed E-state index contributed by atoms with van der Waals surface area (Å²) in [6, 6.07) is 0. The van der Waals surface area contributed by atoms with Crippen LogP contribution in [0.5, 0.6) is 0 Å². The molecule has 0 aromatic carbocycles. The molecule has 0 amide bonds. The van der Waals surface area contributed by atoms with Crippen LogP contribution in [0.15, 0.2) is 0 Å². The molecule has 2 unspecified atom stereocenters. The molecular formula is C13H24O4S. The van der Waals surface area contributed by atoms with Gasteiger partial charge in [0, 0.05) is 0 Å². The first kappa shape index (κ1) is 15.5. The zero-order valence-corrected chi connectivity index (χ0v) is 12.3. The summed E-state index contributed by atoms with van der Waals surface area (Å²) in [5.41, 5.74) is -0.803. The van der Waals surface area contributed by atoms with E-state index in [0.717, 1.165) is 12.8 Å². The van der Waals surface area contributed by atoms with Gasteiger partial charge in [0.05, 0.1) is 16.4 Å². The molecule has 0 spiro atoms. The van der Waals surface area contributed by atoms with Gasteiger partial charge >= 0.3 is 5.97 Å². The predicted molar refractivity (Wildman–Crippen MR) is 71.2 cm³/mol. The first-order valence-electron chi connectivity index (χ1n) is 6.68. The molecule has 0 heterocycles. The van der Waals surface area contributed by atoms with E-state index in [-0.39, 0.29) is 12.2 Å². The van der Waals surface area contributed by atoms with Crippen LogP contribution >= 0.6 is 0 Å². The predicted octanol–water partition coefficient (Wildman–Crippen LogP) is 2.48. The molecular weight excluding hydrogens is 252 g/mol. The highest BCUT2D eigenvalue weighted by Gasteiger charge is 2.45. The number of carboxylic acid groups (broad SMARTS) is 1. The second kappa shape index (κ2) is 5.59. The maximum Gasteiger partial charge on any atom is 0.309 e. The summed E-state index contributed by atoms with van der Waals surface area (Å²) in [5, 5.41) is 8.99. The van der Waals surface area contributed by atoms with Crippen molar-refractivity contribution in [3.05, 3.63) is 0 Å². The van der Waals surface area contributed by atoms with E-state index in [9.17, 15) is 18.3 Å². The second-order valence-electron chi connectivity index (χ2n) is 5.77. The number of rotatable bonds is 6.